The van der Waals surface area contributed by atoms with Gasteiger partial charge >= 0.3 is 23.9 Å². The van der Waals surface area contributed by atoms with Crippen LogP contribution in [-0.4, -0.2) is 45.0 Å². The van der Waals surface area contributed by atoms with E-state index in [4.69, 9.17) is 0 Å². The Bertz CT molecular complexity index is 455. The van der Waals surface area contributed by atoms with Gasteiger partial charge in [0.05, 0.1) is 0 Å². The zero-order valence-electron chi connectivity index (χ0n) is 11.8. The van der Waals surface area contributed by atoms with Gasteiger partial charge in [0, 0.05) is 6.92 Å². The van der Waals surface area contributed by atoms with Gasteiger partial charge in [-0.3, -0.25) is 4.79 Å². The molecule has 0 aromatic rings. The molecule has 11 heteroatoms. The maximum absolute atomic E-state index is 14.2. The van der Waals surface area contributed by atoms with Gasteiger partial charge in [0.1, 0.15) is 3.42 Å². The van der Waals surface area contributed by atoms with E-state index < -0.39 is 39.9 Å². The second-order valence-electron chi connectivity index (χ2n) is 5.01. The van der Waals surface area contributed by atoms with E-state index in [9.17, 15) is 31.9 Å². The van der Waals surface area contributed by atoms with Crippen molar-refractivity contribution in [3.8, 4) is 0 Å². The summed E-state index contributed by atoms with van der Waals surface area (Å²) in [7, 11) is 0. The van der Waals surface area contributed by atoms with Crippen molar-refractivity contribution in [2.75, 3.05) is 6.79 Å². The molecule has 0 amide bonds. The third-order valence-corrected chi connectivity index (χ3v) is 4.56. The zero-order valence-corrected chi connectivity index (χ0v) is 13.9. The van der Waals surface area contributed by atoms with Gasteiger partial charge in [-0.1, -0.05) is 29.5 Å². The Hall–Kier alpha value is -0.270. The van der Waals surface area contributed by atoms with Crippen molar-refractivity contribution in [1.82, 2.24) is 0 Å². The number of alkyl halides is 6. The first kappa shape index (κ1) is 19.8. The molecule has 0 aliphatic carbocycles. The van der Waals surface area contributed by atoms with E-state index in [2.05, 4.69) is 14.2 Å². The number of ether oxygens (including phenoxy) is 3. The molecule has 1 saturated heterocycles. The molecule has 1 N–H and O–H groups in total. The number of rotatable bonds is 3. The maximum Gasteiger partial charge on any atom is 0.450 e. The molecule has 130 valence electrons. The highest BCUT2D eigenvalue weighted by atomic mass is 127. The summed E-state index contributed by atoms with van der Waals surface area (Å²) in [5.41, 5.74) is 0. The van der Waals surface area contributed by atoms with Gasteiger partial charge in [0.25, 0.3) is 5.79 Å². The quantitative estimate of drug-likeness (QED) is 0.312. The second-order valence-corrected chi connectivity index (χ2v) is 7.39. The number of esters is 1. The lowest BCUT2D eigenvalue weighted by atomic mass is 9.98. The monoisotopic (exact) mass is 448 g/mol. The molecule has 0 aromatic carbocycles. The van der Waals surface area contributed by atoms with Crippen LogP contribution in [0.25, 0.3) is 0 Å². The first-order valence-corrected chi connectivity index (χ1v) is 7.09. The number of carbonyl (C=O) groups excluding carboxylic acids is 1. The molecule has 0 aromatic heterocycles. The van der Waals surface area contributed by atoms with Crippen molar-refractivity contribution in [2.24, 2.45) is 0 Å². The fourth-order valence-corrected chi connectivity index (χ4v) is 1.61. The summed E-state index contributed by atoms with van der Waals surface area (Å²) in [6, 6.07) is 0. The van der Waals surface area contributed by atoms with Crippen LogP contribution in [0.1, 0.15) is 27.2 Å². The highest BCUT2D eigenvalue weighted by Crippen LogP contribution is 2.52. The predicted octanol–water partition coefficient (Wildman–Crippen LogP) is 2.74. The SMILES string of the molecule is CCC(C)(I)C(=O)OC1(C)OCOC(O)(C(F)(F)F)C1(F)F. The van der Waals surface area contributed by atoms with E-state index in [1.807, 2.05) is 0 Å². The zero-order chi connectivity index (χ0) is 17.6. The number of carbonyl (C=O) groups is 1. The number of halogens is 6. The molecule has 1 aliphatic rings. The van der Waals surface area contributed by atoms with Gasteiger partial charge in [-0.25, -0.2) is 0 Å². The Kier molecular flexibility index (Phi) is 5.10. The molecule has 1 rings (SSSR count). The molecule has 5 nitrogen and oxygen atoms in total. The van der Waals surface area contributed by atoms with E-state index in [1.54, 1.807) is 29.5 Å². The summed E-state index contributed by atoms with van der Waals surface area (Å²) in [4.78, 5) is 11.9. The van der Waals surface area contributed by atoms with E-state index >= 15 is 0 Å². The van der Waals surface area contributed by atoms with Gasteiger partial charge in [0.15, 0.2) is 6.79 Å². The van der Waals surface area contributed by atoms with Crippen LogP contribution >= 0.6 is 22.6 Å². The number of hydrogen-bond donors (Lipinski definition) is 1. The van der Waals surface area contributed by atoms with Crippen LogP contribution in [0, 0.1) is 0 Å². The second kappa shape index (κ2) is 5.67. The molecule has 0 bridgehead atoms. The molecule has 22 heavy (non-hydrogen) atoms. The van der Waals surface area contributed by atoms with E-state index in [0.29, 0.717) is 6.92 Å². The third-order valence-electron chi connectivity index (χ3n) is 3.36. The predicted molar refractivity (Wildman–Crippen MR) is 70.2 cm³/mol. The molecule has 1 fully saturated rings. The minimum Gasteiger partial charge on any atom is -0.425 e. The minimum atomic E-state index is -5.83. The van der Waals surface area contributed by atoms with Crippen LogP contribution in [0.3, 0.4) is 0 Å². The Morgan fingerprint density at radius 1 is 1.36 bits per heavy atom. The Morgan fingerprint density at radius 3 is 2.27 bits per heavy atom. The van der Waals surface area contributed by atoms with Crippen LogP contribution < -0.4 is 0 Å². The van der Waals surface area contributed by atoms with Gasteiger partial charge in [-0.15, -0.1) is 0 Å². The average Bonchev–Trinajstić information content (AvgIpc) is 2.35. The largest absolute Gasteiger partial charge is 0.450 e. The summed E-state index contributed by atoms with van der Waals surface area (Å²) < 4.78 is 77.9. The van der Waals surface area contributed by atoms with E-state index in [0.717, 1.165) is 0 Å². The number of aliphatic hydroxyl groups is 1. The van der Waals surface area contributed by atoms with Crippen molar-refractivity contribution in [2.45, 2.75) is 54.3 Å². The Balaban J connectivity index is 3.21. The molecule has 1 heterocycles. The fourth-order valence-electron chi connectivity index (χ4n) is 1.50. The molecule has 3 atom stereocenters. The highest BCUT2D eigenvalue weighted by molar-refractivity contribution is 14.1. The van der Waals surface area contributed by atoms with Crippen LogP contribution in [0.5, 0.6) is 0 Å². The lowest BCUT2D eigenvalue weighted by Crippen LogP contribution is -2.74. The van der Waals surface area contributed by atoms with Crippen LogP contribution in [0.4, 0.5) is 22.0 Å². The van der Waals surface area contributed by atoms with E-state index in [1.165, 1.54) is 6.92 Å². The Labute approximate surface area is 136 Å². The molecule has 0 spiro atoms. The van der Waals surface area contributed by atoms with Gasteiger partial charge in [-0.05, 0) is 13.3 Å². The summed E-state index contributed by atoms with van der Waals surface area (Å²) in [6.45, 7) is 2.02. The highest BCUT2D eigenvalue weighted by Gasteiger charge is 2.81. The number of hydrogen-bond acceptors (Lipinski definition) is 5. The van der Waals surface area contributed by atoms with Crippen LogP contribution in [-0.2, 0) is 19.0 Å². The lowest BCUT2D eigenvalue weighted by molar-refractivity contribution is -0.526. The molecule has 0 saturated carbocycles. The summed E-state index contributed by atoms with van der Waals surface area (Å²) in [5, 5.41) is 9.27. The Morgan fingerprint density at radius 2 is 1.86 bits per heavy atom. The van der Waals surface area contributed by atoms with Crippen molar-refractivity contribution >= 4 is 28.6 Å². The van der Waals surface area contributed by atoms with Crippen molar-refractivity contribution in [3.63, 3.8) is 0 Å². The first-order valence-electron chi connectivity index (χ1n) is 6.02. The average molecular weight is 448 g/mol. The molecule has 0 radical (unpaired) electrons. The molecular formula is C11H14F5IO5. The standard InChI is InChI=1S/C11H14F5IO5/c1-4-7(2,17)6(18)22-8(3)9(12,13)10(19,11(14,15)16)21-5-20-8/h19H,4-5H2,1-3H3. The third kappa shape index (κ3) is 2.91. The van der Waals surface area contributed by atoms with Crippen LogP contribution in [0.15, 0.2) is 0 Å². The molecule has 1 aliphatic heterocycles. The van der Waals surface area contributed by atoms with Gasteiger partial charge in [-0.2, -0.15) is 22.0 Å². The lowest BCUT2D eigenvalue weighted by Gasteiger charge is -2.48. The summed E-state index contributed by atoms with van der Waals surface area (Å²) >= 11 is 1.61. The van der Waals surface area contributed by atoms with Crippen LogP contribution in [0.2, 0.25) is 0 Å². The topological polar surface area (TPSA) is 65.0 Å². The smallest absolute Gasteiger partial charge is 0.425 e. The normalized spacial score (nSPS) is 34.8. The first-order chi connectivity index (χ1) is 9.65. The van der Waals surface area contributed by atoms with Crippen molar-refractivity contribution < 1.29 is 46.1 Å². The summed E-state index contributed by atoms with van der Waals surface area (Å²) in [5.74, 6) is -14.5. The fraction of sp³-hybridized carbons (Fsp3) is 0.909. The summed E-state index contributed by atoms with van der Waals surface area (Å²) in [6.07, 6.45) is -5.65. The molecular weight excluding hydrogens is 434 g/mol. The molecule has 3 unspecified atom stereocenters. The maximum atomic E-state index is 14.2. The van der Waals surface area contributed by atoms with Gasteiger partial charge < -0.3 is 19.3 Å². The van der Waals surface area contributed by atoms with Gasteiger partial charge in [0.2, 0.25) is 0 Å². The van der Waals surface area contributed by atoms with Crippen molar-refractivity contribution in [1.29, 1.82) is 0 Å². The van der Waals surface area contributed by atoms with E-state index in [-0.39, 0.29) is 6.42 Å². The minimum absolute atomic E-state index is 0.175. The van der Waals surface area contributed by atoms with Crippen molar-refractivity contribution in [3.05, 3.63) is 0 Å².